The standard InChI is InChI=1S/C13H12NO2S2/c1-9-7-17-13(14-9)18-8-10-3-5-11(6-4-10)12(15)16-2/h3-6H,8H2,1-2H3. The van der Waals surface area contributed by atoms with Crippen LogP contribution in [0.5, 0.6) is 0 Å². The van der Waals surface area contributed by atoms with E-state index < -0.39 is 0 Å². The SMILES string of the molecule is COC(=O)c1ccc(CSc2nc(C)[c]s2)cc1. The van der Waals surface area contributed by atoms with Crippen LogP contribution in [-0.2, 0) is 10.5 Å². The number of thioether (sulfide) groups is 1. The minimum atomic E-state index is -0.306. The Kier molecular flexibility index (Phi) is 4.38. The molecule has 0 aliphatic rings. The first-order valence-corrected chi connectivity index (χ1v) is 7.14. The quantitative estimate of drug-likeness (QED) is 0.635. The number of hydrogen-bond donors (Lipinski definition) is 0. The third-order valence-electron chi connectivity index (χ3n) is 2.28. The Morgan fingerprint density at radius 2 is 2.17 bits per heavy atom. The van der Waals surface area contributed by atoms with Gasteiger partial charge in [0.15, 0.2) is 4.34 Å². The molecule has 1 aromatic carbocycles. The minimum absolute atomic E-state index is 0.306. The van der Waals surface area contributed by atoms with Crippen molar-refractivity contribution in [1.29, 1.82) is 0 Å². The van der Waals surface area contributed by atoms with Crippen LogP contribution >= 0.6 is 23.1 Å². The fourth-order valence-electron chi connectivity index (χ4n) is 1.36. The van der Waals surface area contributed by atoms with Gasteiger partial charge < -0.3 is 4.74 Å². The van der Waals surface area contributed by atoms with E-state index in [0.717, 1.165) is 21.3 Å². The molecule has 0 amide bonds. The lowest BCUT2D eigenvalue weighted by atomic mass is 10.1. The number of esters is 1. The average molecular weight is 278 g/mol. The number of benzene rings is 1. The number of rotatable bonds is 4. The largest absolute Gasteiger partial charge is 0.465 e. The summed E-state index contributed by atoms with van der Waals surface area (Å²) in [6.45, 7) is 1.94. The molecule has 2 aromatic rings. The van der Waals surface area contributed by atoms with Crippen LogP contribution in [0.15, 0.2) is 28.6 Å². The third-order valence-corrected chi connectivity index (χ3v) is 4.37. The molecule has 5 heteroatoms. The van der Waals surface area contributed by atoms with Crippen LogP contribution in [0.3, 0.4) is 0 Å². The predicted molar refractivity (Wildman–Crippen MR) is 73.0 cm³/mol. The Hall–Kier alpha value is -1.33. The molecule has 0 atom stereocenters. The van der Waals surface area contributed by atoms with E-state index in [0.29, 0.717) is 5.56 Å². The van der Waals surface area contributed by atoms with Gasteiger partial charge in [0.25, 0.3) is 0 Å². The molecule has 0 saturated heterocycles. The van der Waals surface area contributed by atoms with E-state index in [1.165, 1.54) is 18.4 Å². The molecule has 0 N–H and O–H groups in total. The van der Waals surface area contributed by atoms with Crippen LogP contribution in [0.25, 0.3) is 0 Å². The summed E-state index contributed by atoms with van der Waals surface area (Å²) in [7, 11) is 1.38. The van der Waals surface area contributed by atoms with Gasteiger partial charge in [0.05, 0.1) is 23.7 Å². The summed E-state index contributed by atoms with van der Waals surface area (Å²) in [6.07, 6.45) is 0. The maximum absolute atomic E-state index is 11.3. The lowest BCUT2D eigenvalue weighted by molar-refractivity contribution is 0.0600. The highest BCUT2D eigenvalue weighted by Gasteiger charge is 2.05. The summed E-state index contributed by atoms with van der Waals surface area (Å²) < 4.78 is 5.67. The van der Waals surface area contributed by atoms with Crippen molar-refractivity contribution in [2.75, 3.05) is 7.11 Å². The van der Waals surface area contributed by atoms with Crippen LogP contribution in [-0.4, -0.2) is 18.1 Å². The van der Waals surface area contributed by atoms with Crippen LogP contribution in [0.1, 0.15) is 21.6 Å². The van der Waals surface area contributed by atoms with E-state index >= 15 is 0 Å². The number of aromatic nitrogens is 1. The average Bonchev–Trinajstić information content (AvgIpc) is 2.82. The smallest absolute Gasteiger partial charge is 0.337 e. The highest BCUT2D eigenvalue weighted by Crippen LogP contribution is 2.25. The summed E-state index contributed by atoms with van der Waals surface area (Å²) in [5.74, 6) is 0.529. The second-order valence-electron chi connectivity index (χ2n) is 3.64. The molecule has 0 bridgehead atoms. The minimum Gasteiger partial charge on any atom is -0.465 e. The van der Waals surface area contributed by atoms with E-state index in [-0.39, 0.29) is 5.97 Å². The fraction of sp³-hybridized carbons (Fsp3) is 0.231. The monoisotopic (exact) mass is 278 g/mol. The summed E-state index contributed by atoms with van der Waals surface area (Å²) in [6, 6.07) is 7.43. The number of carbonyl (C=O) groups is 1. The Labute approximate surface area is 114 Å². The first kappa shape index (κ1) is 13.1. The van der Waals surface area contributed by atoms with Crippen molar-refractivity contribution in [2.45, 2.75) is 17.0 Å². The topological polar surface area (TPSA) is 39.2 Å². The number of ether oxygens (including phenoxy) is 1. The van der Waals surface area contributed by atoms with Gasteiger partial charge in [-0.2, -0.15) is 0 Å². The molecule has 0 unspecified atom stereocenters. The molecular weight excluding hydrogens is 266 g/mol. The highest BCUT2D eigenvalue weighted by atomic mass is 32.2. The van der Waals surface area contributed by atoms with Crippen molar-refractivity contribution in [3.63, 3.8) is 0 Å². The predicted octanol–water partition coefficient (Wildman–Crippen LogP) is 3.33. The van der Waals surface area contributed by atoms with Crippen molar-refractivity contribution in [1.82, 2.24) is 4.98 Å². The maximum Gasteiger partial charge on any atom is 0.337 e. The zero-order valence-electron chi connectivity index (χ0n) is 10.1. The van der Waals surface area contributed by atoms with Gasteiger partial charge in [-0.25, -0.2) is 9.78 Å². The first-order valence-electron chi connectivity index (χ1n) is 5.34. The van der Waals surface area contributed by atoms with Crippen LogP contribution in [0.2, 0.25) is 0 Å². The van der Waals surface area contributed by atoms with E-state index in [2.05, 4.69) is 15.1 Å². The van der Waals surface area contributed by atoms with Gasteiger partial charge in [-0.3, -0.25) is 0 Å². The highest BCUT2D eigenvalue weighted by molar-refractivity contribution is 8.00. The lowest BCUT2D eigenvalue weighted by Crippen LogP contribution is -2.00. The first-order chi connectivity index (χ1) is 8.69. The second-order valence-corrected chi connectivity index (χ2v) is 5.66. The number of hydrogen-bond acceptors (Lipinski definition) is 5. The molecule has 93 valence electrons. The maximum atomic E-state index is 11.3. The Morgan fingerprint density at radius 3 is 2.72 bits per heavy atom. The second kappa shape index (κ2) is 6.02. The summed E-state index contributed by atoms with van der Waals surface area (Å²) >= 11 is 3.21. The Morgan fingerprint density at radius 1 is 1.44 bits per heavy atom. The van der Waals surface area contributed by atoms with Crippen LogP contribution in [0.4, 0.5) is 0 Å². The number of thiazole rings is 1. The molecule has 1 heterocycles. The number of methoxy groups -OCH3 is 1. The van der Waals surface area contributed by atoms with Crippen molar-refractivity contribution >= 4 is 29.1 Å². The molecule has 1 aromatic heterocycles. The zero-order chi connectivity index (χ0) is 13.0. The molecule has 0 spiro atoms. The Balaban J connectivity index is 1.96. The molecule has 1 radical (unpaired) electrons. The number of nitrogens with zero attached hydrogens (tertiary/aromatic N) is 1. The molecule has 3 nitrogen and oxygen atoms in total. The van der Waals surface area contributed by atoms with E-state index in [4.69, 9.17) is 0 Å². The zero-order valence-corrected chi connectivity index (χ0v) is 11.7. The van der Waals surface area contributed by atoms with Crippen LogP contribution in [0, 0.1) is 12.3 Å². The van der Waals surface area contributed by atoms with Gasteiger partial charge in [-0.15, -0.1) is 11.3 Å². The fourth-order valence-corrected chi connectivity index (χ4v) is 3.05. The van der Waals surface area contributed by atoms with E-state index in [1.807, 2.05) is 19.1 Å². The molecule has 0 fully saturated rings. The van der Waals surface area contributed by atoms with Crippen molar-refractivity contribution in [3.05, 3.63) is 46.5 Å². The molecular formula is C13H12NO2S2. The van der Waals surface area contributed by atoms with Gasteiger partial charge in [0.1, 0.15) is 0 Å². The molecule has 2 rings (SSSR count). The molecule has 0 aliphatic heterocycles. The summed E-state index contributed by atoms with van der Waals surface area (Å²) in [5.41, 5.74) is 2.66. The van der Waals surface area contributed by atoms with Crippen molar-refractivity contribution in [3.8, 4) is 0 Å². The van der Waals surface area contributed by atoms with E-state index in [9.17, 15) is 4.79 Å². The number of aryl methyl sites for hydroxylation is 1. The summed E-state index contributed by atoms with van der Waals surface area (Å²) in [4.78, 5) is 15.6. The van der Waals surface area contributed by atoms with Gasteiger partial charge in [0.2, 0.25) is 0 Å². The Bertz CT molecular complexity index is 534. The third kappa shape index (κ3) is 3.34. The summed E-state index contributed by atoms with van der Waals surface area (Å²) in [5, 5.41) is 3.09. The molecule has 0 saturated carbocycles. The number of carbonyl (C=O) groups excluding carboxylic acids is 1. The van der Waals surface area contributed by atoms with E-state index in [1.54, 1.807) is 23.9 Å². The van der Waals surface area contributed by atoms with Gasteiger partial charge in [-0.05, 0) is 24.6 Å². The van der Waals surface area contributed by atoms with Crippen molar-refractivity contribution in [2.24, 2.45) is 0 Å². The van der Waals surface area contributed by atoms with Gasteiger partial charge >= 0.3 is 5.97 Å². The molecule has 18 heavy (non-hydrogen) atoms. The molecule has 0 aliphatic carbocycles. The van der Waals surface area contributed by atoms with Crippen molar-refractivity contribution < 1.29 is 9.53 Å². The van der Waals surface area contributed by atoms with Gasteiger partial charge in [-0.1, -0.05) is 23.9 Å². The van der Waals surface area contributed by atoms with Crippen LogP contribution < -0.4 is 0 Å². The lowest BCUT2D eigenvalue weighted by Gasteiger charge is -2.01. The normalized spacial score (nSPS) is 10.3. The van der Waals surface area contributed by atoms with Gasteiger partial charge in [0, 0.05) is 5.75 Å².